The van der Waals surface area contributed by atoms with Gasteiger partial charge in [0.1, 0.15) is 0 Å². The number of hydrogen-bond acceptors (Lipinski definition) is 2. The fraction of sp³-hybridized carbons (Fsp3) is 0.381. The molecule has 0 spiro atoms. The third-order valence-electron chi connectivity index (χ3n) is 4.73. The molecule has 3 rings (SSSR count). The lowest BCUT2D eigenvalue weighted by atomic mass is 10.00. The van der Waals surface area contributed by atoms with Gasteiger partial charge in [-0.25, -0.2) is 0 Å². The summed E-state index contributed by atoms with van der Waals surface area (Å²) in [6.45, 7) is 3.51. The predicted octanol–water partition coefficient (Wildman–Crippen LogP) is 4.42. The van der Waals surface area contributed by atoms with Gasteiger partial charge in [-0.3, -0.25) is 4.79 Å². The van der Waals surface area contributed by atoms with Crippen LogP contribution >= 0.6 is 0 Å². The summed E-state index contributed by atoms with van der Waals surface area (Å²) in [5.74, 6) is 0.140. The Balaban J connectivity index is 1.77. The lowest BCUT2D eigenvalue weighted by Crippen LogP contribution is -2.31. The van der Waals surface area contributed by atoms with Crippen molar-refractivity contribution in [3.05, 3.63) is 59.7 Å². The minimum atomic E-state index is -0.478. The zero-order chi connectivity index (χ0) is 16.9. The molecule has 0 radical (unpaired) electrons. The predicted molar refractivity (Wildman–Crippen MR) is 96.9 cm³/mol. The molecule has 1 saturated heterocycles. The summed E-state index contributed by atoms with van der Waals surface area (Å²) in [7, 11) is 0. The molecule has 1 aliphatic heterocycles. The van der Waals surface area contributed by atoms with E-state index >= 15 is 0 Å². The lowest BCUT2D eigenvalue weighted by molar-refractivity contribution is 0.0761. The fourth-order valence-electron chi connectivity index (χ4n) is 3.24. The number of carbonyl (C=O) groups excluding carboxylic acids is 1. The van der Waals surface area contributed by atoms with E-state index in [1.807, 2.05) is 53.4 Å². The third-order valence-corrected chi connectivity index (χ3v) is 4.73. The topological polar surface area (TPSA) is 40.5 Å². The minimum Gasteiger partial charge on any atom is -0.389 e. The van der Waals surface area contributed by atoms with E-state index in [0.717, 1.165) is 48.2 Å². The van der Waals surface area contributed by atoms with Gasteiger partial charge in [-0.05, 0) is 54.7 Å². The number of benzene rings is 2. The van der Waals surface area contributed by atoms with Crippen LogP contribution in [0.3, 0.4) is 0 Å². The van der Waals surface area contributed by atoms with Crippen molar-refractivity contribution >= 4 is 5.91 Å². The first-order valence-corrected chi connectivity index (χ1v) is 8.83. The number of aliphatic hydroxyl groups is 1. The summed E-state index contributed by atoms with van der Waals surface area (Å²) in [6.07, 6.45) is 4.19. The average molecular weight is 323 g/mol. The Kier molecular flexibility index (Phi) is 5.31. The molecule has 0 saturated carbocycles. The average Bonchev–Trinajstić information content (AvgIpc) is 2.91. The summed E-state index contributed by atoms with van der Waals surface area (Å²) in [5, 5.41) is 9.73. The number of amides is 1. The third kappa shape index (κ3) is 3.85. The first-order chi connectivity index (χ1) is 11.6. The van der Waals surface area contributed by atoms with E-state index in [1.165, 1.54) is 12.8 Å². The van der Waals surface area contributed by atoms with Crippen molar-refractivity contribution < 1.29 is 9.90 Å². The molecule has 2 aromatic carbocycles. The van der Waals surface area contributed by atoms with E-state index in [0.29, 0.717) is 0 Å². The standard InChI is InChI=1S/C21H25NO2/c1-16(23)19-7-6-8-20(15-19)17-9-11-18(12-10-17)21(24)22-13-4-2-3-5-14-22/h6-12,15-16,23H,2-5,13-14H2,1H3/t16-/m1/s1. The highest BCUT2D eigenvalue weighted by atomic mass is 16.3. The SMILES string of the molecule is C[C@@H](O)c1cccc(-c2ccc(C(=O)N3CCCCCC3)cc2)c1. The molecule has 1 amide bonds. The number of carbonyl (C=O) groups is 1. The summed E-state index contributed by atoms with van der Waals surface area (Å²) >= 11 is 0. The molecule has 3 heteroatoms. The van der Waals surface area contributed by atoms with Crippen LogP contribution in [-0.4, -0.2) is 29.0 Å². The van der Waals surface area contributed by atoms with Gasteiger partial charge in [0.15, 0.2) is 0 Å². The second kappa shape index (κ2) is 7.63. The highest BCUT2D eigenvalue weighted by Gasteiger charge is 2.17. The Morgan fingerprint density at radius 2 is 1.62 bits per heavy atom. The van der Waals surface area contributed by atoms with E-state index in [4.69, 9.17) is 0 Å². The van der Waals surface area contributed by atoms with Crippen molar-refractivity contribution in [1.82, 2.24) is 4.90 Å². The molecule has 1 fully saturated rings. The zero-order valence-electron chi connectivity index (χ0n) is 14.2. The maximum absolute atomic E-state index is 12.6. The number of rotatable bonds is 3. The van der Waals surface area contributed by atoms with Gasteiger partial charge in [-0.15, -0.1) is 0 Å². The quantitative estimate of drug-likeness (QED) is 0.908. The molecule has 24 heavy (non-hydrogen) atoms. The van der Waals surface area contributed by atoms with Gasteiger partial charge in [0.05, 0.1) is 6.10 Å². The van der Waals surface area contributed by atoms with Crippen LogP contribution in [0, 0.1) is 0 Å². The molecule has 0 bridgehead atoms. The van der Waals surface area contributed by atoms with Crippen molar-refractivity contribution in [1.29, 1.82) is 0 Å². The van der Waals surface area contributed by atoms with Crippen molar-refractivity contribution in [3.8, 4) is 11.1 Å². The van der Waals surface area contributed by atoms with Gasteiger partial charge in [-0.1, -0.05) is 43.2 Å². The molecular weight excluding hydrogens is 298 g/mol. The van der Waals surface area contributed by atoms with E-state index in [9.17, 15) is 9.90 Å². The maximum Gasteiger partial charge on any atom is 0.253 e. The van der Waals surface area contributed by atoms with Crippen LogP contribution in [0.2, 0.25) is 0 Å². The van der Waals surface area contributed by atoms with Gasteiger partial charge >= 0.3 is 0 Å². The molecule has 1 aliphatic rings. The molecule has 3 nitrogen and oxygen atoms in total. The monoisotopic (exact) mass is 323 g/mol. The normalized spacial score (nSPS) is 16.5. The lowest BCUT2D eigenvalue weighted by Gasteiger charge is -2.20. The van der Waals surface area contributed by atoms with E-state index in [2.05, 4.69) is 0 Å². The zero-order valence-corrected chi connectivity index (χ0v) is 14.2. The second-order valence-electron chi connectivity index (χ2n) is 6.59. The number of nitrogens with zero attached hydrogens (tertiary/aromatic N) is 1. The molecule has 1 heterocycles. The van der Waals surface area contributed by atoms with Crippen LogP contribution < -0.4 is 0 Å². The van der Waals surface area contributed by atoms with E-state index < -0.39 is 6.10 Å². The summed E-state index contributed by atoms with van der Waals surface area (Å²) in [5.41, 5.74) is 3.77. The molecule has 0 unspecified atom stereocenters. The summed E-state index contributed by atoms with van der Waals surface area (Å²) < 4.78 is 0. The van der Waals surface area contributed by atoms with Gasteiger partial charge in [-0.2, -0.15) is 0 Å². The molecule has 0 aromatic heterocycles. The van der Waals surface area contributed by atoms with Gasteiger partial charge in [0, 0.05) is 18.7 Å². The van der Waals surface area contributed by atoms with Crippen molar-refractivity contribution in [3.63, 3.8) is 0 Å². The highest BCUT2D eigenvalue weighted by Crippen LogP contribution is 2.24. The highest BCUT2D eigenvalue weighted by molar-refractivity contribution is 5.94. The van der Waals surface area contributed by atoms with Gasteiger partial charge in [0.2, 0.25) is 0 Å². The number of likely N-dealkylation sites (tertiary alicyclic amines) is 1. The minimum absolute atomic E-state index is 0.140. The van der Waals surface area contributed by atoms with Gasteiger partial charge < -0.3 is 10.0 Å². The van der Waals surface area contributed by atoms with Crippen molar-refractivity contribution in [2.75, 3.05) is 13.1 Å². The van der Waals surface area contributed by atoms with Crippen molar-refractivity contribution in [2.24, 2.45) is 0 Å². The van der Waals surface area contributed by atoms with Crippen molar-refractivity contribution in [2.45, 2.75) is 38.7 Å². The molecule has 2 aromatic rings. The molecular formula is C21H25NO2. The van der Waals surface area contributed by atoms with Gasteiger partial charge in [0.25, 0.3) is 5.91 Å². The first-order valence-electron chi connectivity index (χ1n) is 8.83. The Hall–Kier alpha value is -2.13. The van der Waals surface area contributed by atoms with Crippen LogP contribution in [0.4, 0.5) is 0 Å². The largest absolute Gasteiger partial charge is 0.389 e. The fourth-order valence-corrected chi connectivity index (χ4v) is 3.24. The summed E-state index contributed by atoms with van der Waals surface area (Å²) in [4.78, 5) is 14.6. The maximum atomic E-state index is 12.6. The van der Waals surface area contributed by atoms with Crippen LogP contribution in [0.15, 0.2) is 48.5 Å². The Morgan fingerprint density at radius 3 is 2.25 bits per heavy atom. The Labute approximate surface area is 143 Å². The Bertz CT molecular complexity index is 683. The Morgan fingerprint density at radius 1 is 0.958 bits per heavy atom. The molecule has 0 aliphatic carbocycles. The van der Waals surface area contributed by atoms with Crippen LogP contribution in [0.5, 0.6) is 0 Å². The van der Waals surface area contributed by atoms with Crippen LogP contribution in [-0.2, 0) is 0 Å². The van der Waals surface area contributed by atoms with Crippen LogP contribution in [0.1, 0.15) is 54.6 Å². The second-order valence-corrected chi connectivity index (χ2v) is 6.59. The summed E-state index contributed by atoms with van der Waals surface area (Å²) in [6, 6.07) is 15.7. The van der Waals surface area contributed by atoms with E-state index in [-0.39, 0.29) is 5.91 Å². The number of aliphatic hydroxyl groups excluding tert-OH is 1. The molecule has 1 N–H and O–H groups in total. The number of hydrogen-bond donors (Lipinski definition) is 1. The molecule has 126 valence electrons. The first kappa shape index (κ1) is 16.7. The van der Waals surface area contributed by atoms with E-state index in [1.54, 1.807) is 6.92 Å². The van der Waals surface area contributed by atoms with Crippen LogP contribution in [0.25, 0.3) is 11.1 Å². The molecule has 1 atom stereocenters. The smallest absolute Gasteiger partial charge is 0.253 e.